The lowest BCUT2D eigenvalue weighted by Gasteiger charge is -2.03. The maximum atomic E-state index is 11.5. The molecule has 0 fully saturated rings. The molecule has 0 atom stereocenters. The van der Waals surface area contributed by atoms with Crippen molar-refractivity contribution >= 4 is 5.78 Å². The second-order valence-corrected chi connectivity index (χ2v) is 3.67. The molecule has 14 heavy (non-hydrogen) atoms. The fourth-order valence-electron chi connectivity index (χ4n) is 1.76. The van der Waals surface area contributed by atoms with Crippen LogP contribution in [0.4, 0.5) is 0 Å². The van der Waals surface area contributed by atoms with Crippen molar-refractivity contribution in [2.24, 2.45) is 0 Å². The Kier molecular flexibility index (Phi) is 2.19. The lowest BCUT2D eigenvalue weighted by atomic mass is 10.2. The smallest absolute Gasteiger partial charge is 0.267 e. The van der Waals surface area contributed by atoms with Gasteiger partial charge >= 0.3 is 0 Å². The zero-order valence-electron chi connectivity index (χ0n) is 8.12. The molecule has 1 aliphatic rings. The monoisotopic (exact) mass is 192 g/mol. The highest BCUT2D eigenvalue weighted by atomic mass is 16.1. The first-order valence-electron chi connectivity index (χ1n) is 4.76. The van der Waals surface area contributed by atoms with E-state index in [1.54, 1.807) is 6.07 Å². The van der Waals surface area contributed by atoms with Crippen molar-refractivity contribution in [2.45, 2.75) is 32.7 Å². The molecule has 1 aliphatic carbocycles. The Bertz CT molecular complexity index is 434. The summed E-state index contributed by atoms with van der Waals surface area (Å²) in [6.45, 7) is 1.55. The largest absolute Gasteiger partial charge is 0.298 e. The zero-order chi connectivity index (χ0) is 10.1. The summed E-state index contributed by atoms with van der Waals surface area (Å²) in [5, 5.41) is 4.18. The van der Waals surface area contributed by atoms with E-state index < -0.39 is 0 Å². The number of nitrogens with zero attached hydrogens (tertiary/aromatic N) is 2. The number of carbonyl (C=O) groups excluding carboxylic acids is 1. The van der Waals surface area contributed by atoms with Crippen LogP contribution in [0.1, 0.15) is 24.6 Å². The summed E-state index contributed by atoms with van der Waals surface area (Å²) in [6, 6.07) is 1.61. The molecular weight excluding hydrogens is 180 g/mol. The van der Waals surface area contributed by atoms with Gasteiger partial charge < -0.3 is 0 Å². The molecule has 0 aliphatic heterocycles. The first kappa shape index (κ1) is 9.12. The molecular formula is C10H12N2O2. The van der Waals surface area contributed by atoms with Gasteiger partial charge in [0.05, 0.1) is 5.69 Å². The van der Waals surface area contributed by atoms with Crippen LogP contribution in [-0.4, -0.2) is 15.6 Å². The van der Waals surface area contributed by atoms with Gasteiger partial charge in [-0.25, -0.2) is 4.68 Å². The van der Waals surface area contributed by atoms with Crippen molar-refractivity contribution in [1.82, 2.24) is 9.78 Å². The Morgan fingerprint density at radius 1 is 1.57 bits per heavy atom. The minimum absolute atomic E-state index is 0.0439. The highest BCUT2D eigenvalue weighted by Crippen LogP contribution is 2.16. The Balaban J connectivity index is 2.42. The Labute approximate surface area is 81.6 Å². The third-order valence-corrected chi connectivity index (χ3v) is 2.40. The molecule has 4 nitrogen and oxygen atoms in total. The minimum Gasteiger partial charge on any atom is -0.298 e. The van der Waals surface area contributed by atoms with Crippen LogP contribution in [0, 0.1) is 0 Å². The van der Waals surface area contributed by atoms with Gasteiger partial charge in [0, 0.05) is 6.07 Å². The van der Waals surface area contributed by atoms with Crippen LogP contribution in [0.15, 0.2) is 10.9 Å². The summed E-state index contributed by atoms with van der Waals surface area (Å²) >= 11 is 0. The van der Waals surface area contributed by atoms with Gasteiger partial charge in [-0.3, -0.25) is 9.59 Å². The second kappa shape index (κ2) is 3.36. The average Bonchev–Trinajstić information content (AvgIpc) is 2.51. The van der Waals surface area contributed by atoms with Crippen LogP contribution in [0.25, 0.3) is 0 Å². The standard InChI is InChI=1S/C10H12N2O2/c1-7(13)6-12-10(14)5-8-3-2-4-9(8)11-12/h5H,2-4,6H2,1H3. The molecule has 1 aromatic heterocycles. The van der Waals surface area contributed by atoms with Crippen LogP contribution in [0.3, 0.4) is 0 Å². The lowest BCUT2D eigenvalue weighted by Crippen LogP contribution is -2.26. The molecule has 1 aromatic rings. The van der Waals surface area contributed by atoms with Crippen molar-refractivity contribution in [3.8, 4) is 0 Å². The van der Waals surface area contributed by atoms with E-state index in [9.17, 15) is 9.59 Å². The summed E-state index contributed by atoms with van der Waals surface area (Å²) in [6.07, 6.45) is 2.93. The van der Waals surface area contributed by atoms with Gasteiger partial charge in [-0.1, -0.05) is 0 Å². The van der Waals surface area contributed by atoms with Crippen molar-refractivity contribution < 1.29 is 4.79 Å². The molecule has 0 saturated heterocycles. The number of carbonyl (C=O) groups is 1. The number of aryl methyl sites for hydroxylation is 2. The Morgan fingerprint density at radius 2 is 2.36 bits per heavy atom. The van der Waals surface area contributed by atoms with E-state index in [4.69, 9.17) is 0 Å². The van der Waals surface area contributed by atoms with E-state index in [1.807, 2.05) is 0 Å². The molecule has 0 aromatic carbocycles. The normalized spacial score (nSPS) is 14.1. The SMILES string of the molecule is CC(=O)Cn1nc2c(cc1=O)CCC2. The fraction of sp³-hybridized carbons (Fsp3) is 0.500. The van der Waals surface area contributed by atoms with Crippen LogP contribution in [-0.2, 0) is 24.2 Å². The van der Waals surface area contributed by atoms with Crippen LogP contribution in [0.5, 0.6) is 0 Å². The number of ketones is 1. The van der Waals surface area contributed by atoms with Gasteiger partial charge in [-0.05, 0) is 31.7 Å². The van der Waals surface area contributed by atoms with E-state index in [2.05, 4.69) is 5.10 Å². The van der Waals surface area contributed by atoms with Gasteiger partial charge in [-0.15, -0.1) is 0 Å². The van der Waals surface area contributed by atoms with Gasteiger partial charge in [0.1, 0.15) is 6.54 Å². The summed E-state index contributed by atoms with van der Waals surface area (Å²) in [5.74, 6) is -0.0439. The average molecular weight is 192 g/mol. The number of Topliss-reactive ketones (excluding diaryl/α,β-unsaturated/α-hetero) is 1. The second-order valence-electron chi connectivity index (χ2n) is 3.67. The number of fused-ring (bicyclic) bond motifs is 1. The van der Waals surface area contributed by atoms with Crippen molar-refractivity contribution in [3.05, 3.63) is 27.7 Å². The number of hydrogen-bond acceptors (Lipinski definition) is 3. The molecule has 0 saturated carbocycles. The van der Waals surface area contributed by atoms with Crippen LogP contribution < -0.4 is 5.56 Å². The number of rotatable bonds is 2. The maximum absolute atomic E-state index is 11.5. The van der Waals surface area contributed by atoms with Gasteiger partial charge in [0.25, 0.3) is 5.56 Å². The van der Waals surface area contributed by atoms with Crippen molar-refractivity contribution in [3.63, 3.8) is 0 Å². The molecule has 74 valence electrons. The Hall–Kier alpha value is -1.45. The van der Waals surface area contributed by atoms with E-state index in [0.717, 1.165) is 30.5 Å². The molecule has 2 rings (SSSR count). The van der Waals surface area contributed by atoms with Crippen molar-refractivity contribution in [1.29, 1.82) is 0 Å². The van der Waals surface area contributed by atoms with E-state index in [0.29, 0.717) is 0 Å². The van der Waals surface area contributed by atoms with Crippen molar-refractivity contribution in [2.75, 3.05) is 0 Å². The predicted molar refractivity (Wildman–Crippen MR) is 51.2 cm³/mol. The first-order chi connectivity index (χ1) is 6.66. The lowest BCUT2D eigenvalue weighted by molar-refractivity contribution is -0.117. The summed E-state index contributed by atoms with van der Waals surface area (Å²) in [5.41, 5.74) is 1.86. The molecule has 0 spiro atoms. The van der Waals surface area contributed by atoms with Crippen LogP contribution in [0.2, 0.25) is 0 Å². The molecule has 0 amide bonds. The predicted octanol–water partition coefficient (Wildman–Crippen LogP) is 0.321. The summed E-state index contributed by atoms with van der Waals surface area (Å²) < 4.78 is 1.26. The first-order valence-corrected chi connectivity index (χ1v) is 4.76. The third kappa shape index (κ3) is 1.60. The number of aromatic nitrogens is 2. The zero-order valence-corrected chi connectivity index (χ0v) is 8.12. The fourth-order valence-corrected chi connectivity index (χ4v) is 1.76. The highest BCUT2D eigenvalue weighted by molar-refractivity contribution is 5.75. The van der Waals surface area contributed by atoms with Crippen LogP contribution >= 0.6 is 0 Å². The quantitative estimate of drug-likeness (QED) is 0.678. The molecule has 1 heterocycles. The molecule has 4 heteroatoms. The Morgan fingerprint density at radius 3 is 3.07 bits per heavy atom. The molecule has 0 N–H and O–H groups in total. The van der Waals surface area contributed by atoms with Gasteiger partial charge in [0.2, 0.25) is 0 Å². The molecule has 0 bridgehead atoms. The van der Waals surface area contributed by atoms with Gasteiger partial charge in [-0.2, -0.15) is 5.10 Å². The summed E-state index contributed by atoms with van der Waals surface area (Å²) in [4.78, 5) is 22.3. The number of hydrogen-bond donors (Lipinski definition) is 0. The third-order valence-electron chi connectivity index (χ3n) is 2.40. The molecule has 0 radical (unpaired) electrons. The maximum Gasteiger partial charge on any atom is 0.267 e. The summed E-state index contributed by atoms with van der Waals surface area (Å²) in [7, 11) is 0. The van der Waals surface area contributed by atoms with E-state index in [1.165, 1.54) is 11.6 Å². The highest BCUT2D eigenvalue weighted by Gasteiger charge is 2.14. The molecule has 0 unspecified atom stereocenters. The van der Waals surface area contributed by atoms with E-state index in [-0.39, 0.29) is 17.9 Å². The minimum atomic E-state index is -0.166. The topological polar surface area (TPSA) is 52.0 Å². The van der Waals surface area contributed by atoms with E-state index >= 15 is 0 Å². The van der Waals surface area contributed by atoms with Gasteiger partial charge in [0.15, 0.2) is 5.78 Å².